The number of hydrogen-bond acceptors (Lipinski definition) is 5. The van der Waals surface area contributed by atoms with Gasteiger partial charge in [0.2, 0.25) is 5.28 Å². The van der Waals surface area contributed by atoms with Gasteiger partial charge in [-0.25, -0.2) is 14.2 Å². The van der Waals surface area contributed by atoms with Gasteiger partial charge in [-0.15, -0.1) is 0 Å². The van der Waals surface area contributed by atoms with E-state index in [2.05, 4.69) is 20.3 Å². The van der Waals surface area contributed by atoms with Crippen LogP contribution in [0.25, 0.3) is 0 Å². The largest absolute Gasteiger partial charge is 0.477 e. The SMILES string of the molecule is CC(Nc1nc(Cl)ncc1C(=O)O)c1ccc(F)cn1. The van der Waals surface area contributed by atoms with Crippen LogP contribution in [0.1, 0.15) is 29.0 Å². The first-order chi connectivity index (χ1) is 9.47. The Morgan fingerprint density at radius 3 is 2.75 bits per heavy atom. The number of anilines is 1. The van der Waals surface area contributed by atoms with Crippen molar-refractivity contribution >= 4 is 23.4 Å². The highest BCUT2D eigenvalue weighted by atomic mass is 35.5. The summed E-state index contributed by atoms with van der Waals surface area (Å²) in [6, 6.07) is 2.39. The maximum atomic E-state index is 12.8. The van der Waals surface area contributed by atoms with Crippen molar-refractivity contribution in [2.45, 2.75) is 13.0 Å². The molecular formula is C12H10ClFN4O2. The molecule has 1 atom stereocenters. The number of aromatic nitrogens is 3. The van der Waals surface area contributed by atoms with Gasteiger partial charge < -0.3 is 10.4 Å². The van der Waals surface area contributed by atoms with Gasteiger partial charge >= 0.3 is 5.97 Å². The van der Waals surface area contributed by atoms with Crippen molar-refractivity contribution in [2.24, 2.45) is 0 Å². The summed E-state index contributed by atoms with van der Waals surface area (Å²) in [7, 11) is 0. The van der Waals surface area contributed by atoms with Crippen molar-refractivity contribution in [3.05, 3.63) is 46.9 Å². The Morgan fingerprint density at radius 2 is 2.15 bits per heavy atom. The minimum atomic E-state index is -1.18. The summed E-state index contributed by atoms with van der Waals surface area (Å²) in [5.74, 6) is -1.54. The summed E-state index contributed by atoms with van der Waals surface area (Å²) >= 11 is 5.65. The van der Waals surface area contributed by atoms with Crippen LogP contribution in [0.3, 0.4) is 0 Å². The van der Waals surface area contributed by atoms with Crippen LogP contribution in [-0.4, -0.2) is 26.0 Å². The first kappa shape index (κ1) is 14.1. The number of carbonyl (C=O) groups is 1. The van der Waals surface area contributed by atoms with Crippen LogP contribution >= 0.6 is 11.6 Å². The Morgan fingerprint density at radius 1 is 1.40 bits per heavy atom. The summed E-state index contributed by atoms with van der Waals surface area (Å²) in [4.78, 5) is 22.4. The van der Waals surface area contributed by atoms with Crippen LogP contribution in [0.5, 0.6) is 0 Å². The summed E-state index contributed by atoms with van der Waals surface area (Å²) in [6.07, 6.45) is 2.20. The molecule has 6 nitrogen and oxygen atoms in total. The van der Waals surface area contributed by atoms with Crippen molar-refractivity contribution in [1.29, 1.82) is 0 Å². The standard InChI is InChI=1S/C12H10ClFN4O2/c1-6(9-3-2-7(14)4-15-9)17-10-8(11(19)20)5-16-12(13)18-10/h2-6H,1H3,(H,19,20)(H,16,17,18). The van der Waals surface area contributed by atoms with Crippen molar-refractivity contribution in [2.75, 3.05) is 5.32 Å². The Bertz CT molecular complexity index is 636. The normalized spacial score (nSPS) is 11.9. The quantitative estimate of drug-likeness (QED) is 0.843. The molecule has 8 heteroatoms. The molecule has 0 fully saturated rings. The lowest BCUT2D eigenvalue weighted by Crippen LogP contribution is -2.14. The number of nitrogens with one attached hydrogen (secondary N) is 1. The van der Waals surface area contributed by atoms with Crippen LogP contribution < -0.4 is 5.32 Å². The Labute approximate surface area is 118 Å². The molecule has 0 saturated heterocycles. The van der Waals surface area contributed by atoms with Gasteiger partial charge in [0.05, 0.1) is 17.9 Å². The van der Waals surface area contributed by atoms with E-state index in [0.29, 0.717) is 5.69 Å². The van der Waals surface area contributed by atoms with Crippen LogP contribution in [0.4, 0.5) is 10.2 Å². The van der Waals surface area contributed by atoms with Crippen LogP contribution in [0.2, 0.25) is 5.28 Å². The predicted molar refractivity (Wildman–Crippen MR) is 70.2 cm³/mol. The third-order valence-electron chi connectivity index (χ3n) is 2.54. The van der Waals surface area contributed by atoms with Crippen molar-refractivity contribution in [1.82, 2.24) is 15.0 Å². The second-order valence-electron chi connectivity index (χ2n) is 3.97. The highest BCUT2D eigenvalue weighted by Gasteiger charge is 2.16. The first-order valence-corrected chi connectivity index (χ1v) is 5.99. The van der Waals surface area contributed by atoms with E-state index in [9.17, 15) is 9.18 Å². The van der Waals surface area contributed by atoms with Crippen LogP contribution in [0.15, 0.2) is 24.5 Å². The van der Waals surface area contributed by atoms with E-state index in [1.54, 1.807) is 6.92 Å². The lowest BCUT2D eigenvalue weighted by Gasteiger charge is -2.15. The number of pyridine rings is 1. The molecule has 2 heterocycles. The summed E-state index contributed by atoms with van der Waals surface area (Å²) in [6.45, 7) is 1.74. The maximum absolute atomic E-state index is 12.8. The zero-order valence-corrected chi connectivity index (χ0v) is 11.1. The highest BCUT2D eigenvalue weighted by molar-refractivity contribution is 6.28. The number of rotatable bonds is 4. The monoisotopic (exact) mass is 296 g/mol. The molecule has 104 valence electrons. The van der Waals surface area contributed by atoms with Crippen molar-refractivity contribution in [3.8, 4) is 0 Å². The number of halogens is 2. The second-order valence-corrected chi connectivity index (χ2v) is 4.31. The highest BCUT2D eigenvalue weighted by Crippen LogP contribution is 2.20. The van der Waals surface area contributed by atoms with Crippen molar-refractivity contribution < 1.29 is 14.3 Å². The van der Waals surface area contributed by atoms with Gasteiger partial charge in [0.15, 0.2) is 0 Å². The zero-order chi connectivity index (χ0) is 14.7. The smallest absolute Gasteiger partial charge is 0.341 e. The maximum Gasteiger partial charge on any atom is 0.341 e. The minimum Gasteiger partial charge on any atom is -0.477 e. The molecule has 0 radical (unpaired) electrons. The third-order valence-corrected chi connectivity index (χ3v) is 2.72. The molecule has 2 aromatic rings. The third kappa shape index (κ3) is 3.18. The second kappa shape index (κ2) is 5.79. The topological polar surface area (TPSA) is 88.0 Å². The van der Waals surface area contributed by atoms with Gasteiger partial charge in [-0.1, -0.05) is 0 Å². The number of hydrogen-bond donors (Lipinski definition) is 2. The fourth-order valence-electron chi connectivity index (χ4n) is 1.55. The average molecular weight is 297 g/mol. The van der Waals surface area contributed by atoms with E-state index in [0.717, 1.165) is 12.4 Å². The van der Waals surface area contributed by atoms with Gasteiger partial charge in [-0.05, 0) is 30.7 Å². The average Bonchev–Trinajstić information content (AvgIpc) is 2.39. The number of carboxylic acids is 1. The molecule has 0 aliphatic rings. The van der Waals surface area contributed by atoms with Gasteiger partial charge in [0.25, 0.3) is 0 Å². The van der Waals surface area contributed by atoms with Gasteiger partial charge in [-0.3, -0.25) is 4.98 Å². The number of nitrogens with zero attached hydrogens (tertiary/aromatic N) is 3. The fourth-order valence-corrected chi connectivity index (χ4v) is 1.68. The van der Waals surface area contributed by atoms with E-state index < -0.39 is 11.8 Å². The molecule has 0 bridgehead atoms. The lowest BCUT2D eigenvalue weighted by molar-refractivity contribution is 0.0697. The van der Waals surface area contributed by atoms with E-state index in [1.165, 1.54) is 12.1 Å². The Balaban J connectivity index is 2.27. The van der Waals surface area contributed by atoms with E-state index in [1.807, 2.05) is 0 Å². The molecule has 0 saturated carbocycles. The Hall–Kier alpha value is -2.28. The molecular weight excluding hydrogens is 287 g/mol. The zero-order valence-electron chi connectivity index (χ0n) is 10.3. The first-order valence-electron chi connectivity index (χ1n) is 5.61. The molecule has 0 amide bonds. The summed E-state index contributed by atoms with van der Waals surface area (Å²) in [5.41, 5.74) is 0.431. The van der Waals surface area contributed by atoms with Crippen LogP contribution in [-0.2, 0) is 0 Å². The molecule has 1 unspecified atom stereocenters. The molecule has 0 aromatic carbocycles. The van der Waals surface area contributed by atoms with Gasteiger partial charge in [-0.2, -0.15) is 4.98 Å². The molecule has 2 rings (SSSR count). The lowest BCUT2D eigenvalue weighted by atomic mass is 10.2. The molecule has 0 aliphatic carbocycles. The minimum absolute atomic E-state index is 0.0724. The predicted octanol–water partition coefficient (Wildman–Crippen LogP) is 2.54. The molecule has 20 heavy (non-hydrogen) atoms. The van der Waals surface area contributed by atoms with E-state index in [4.69, 9.17) is 16.7 Å². The number of aromatic carboxylic acids is 1. The molecule has 2 N–H and O–H groups in total. The van der Waals surface area contributed by atoms with Gasteiger partial charge in [0.1, 0.15) is 17.2 Å². The summed E-state index contributed by atoms with van der Waals surface area (Å²) < 4.78 is 12.8. The van der Waals surface area contributed by atoms with E-state index >= 15 is 0 Å². The van der Waals surface area contributed by atoms with Crippen molar-refractivity contribution in [3.63, 3.8) is 0 Å². The Kier molecular flexibility index (Phi) is 4.09. The van der Waals surface area contributed by atoms with Crippen LogP contribution in [0, 0.1) is 5.82 Å². The molecule has 0 aliphatic heterocycles. The van der Waals surface area contributed by atoms with Gasteiger partial charge in [0, 0.05) is 6.20 Å². The summed E-state index contributed by atoms with van der Waals surface area (Å²) in [5, 5.41) is 11.8. The molecule has 2 aromatic heterocycles. The van der Waals surface area contributed by atoms with E-state index in [-0.39, 0.29) is 22.7 Å². The molecule has 0 spiro atoms. The number of carboxylic acid groups (broad SMARTS) is 1. The fraction of sp³-hybridized carbons (Fsp3) is 0.167.